The van der Waals surface area contributed by atoms with Crippen molar-refractivity contribution in [2.24, 2.45) is 5.92 Å². The van der Waals surface area contributed by atoms with Crippen LogP contribution in [0.2, 0.25) is 0 Å². The number of hydrogen-bond acceptors (Lipinski definition) is 6. The second-order valence-corrected chi connectivity index (χ2v) is 9.55. The molecule has 1 aliphatic heterocycles. The van der Waals surface area contributed by atoms with E-state index in [9.17, 15) is 14.9 Å². The molecule has 1 amide bonds. The van der Waals surface area contributed by atoms with E-state index in [0.717, 1.165) is 29.5 Å². The number of ether oxygens (including phenoxy) is 3. The number of benzene rings is 2. The van der Waals surface area contributed by atoms with E-state index in [0.29, 0.717) is 37.4 Å². The fraction of sp³-hybridized carbons (Fsp3) is 0.444. The van der Waals surface area contributed by atoms with Crippen LogP contribution in [0.15, 0.2) is 42.5 Å². The molecule has 0 saturated carbocycles. The topological polar surface area (TPSA) is 88.9 Å². The van der Waals surface area contributed by atoms with Gasteiger partial charge in [-0.25, -0.2) is 9.59 Å². The van der Waals surface area contributed by atoms with Gasteiger partial charge in [-0.15, -0.1) is 0 Å². The maximum Gasteiger partial charge on any atom is 0.410 e. The van der Waals surface area contributed by atoms with Crippen molar-refractivity contribution in [2.45, 2.75) is 45.8 Å². The first kappa shape index (κ1) is 25.3. The van der Waals surface area contributed by atoms with Crippen molar-refractivity contribution < 1.29 is 23.8 Å². The summed E-state index contributed by atoms with van der Waals surface area (Å²) in [6.45, 7) is 7.70. The van der Waals surface area contributed by atoms with E-state index in [-0.39, 0.29) is 12.0 Å². The molecule has 1 heterocycles. The Morgan fingerprint density at radius 1 is 1.15 bits per heavy atom. The van der Waals surface area contributed by atoms with E-state index in [2.05, 4.69) is 6.07 Å². The minimum absolute atomic E-state index is 0.219. The molecule has 34 heavy (non-hydrogen) atoms. The summed E-state index contributed by atoms with van der Waals surface area (Å²) in [5.41, 5.74) is 2.94. The van der Waals surface area contributed by atoms with Gasteiger partial charge in [0.15, 0.2) is 0 Å². The van der Waals surface area contributed by atoms with Crippen molar-refractivity contribution in [1.82, 2.24) is 4.90 Å². The predicted molar refractivity (Wildman–Crippen MR) is 128 cm³/mol. The Hall–Kier alpha value is -3.37. The van der Waals surface area contributed by atoms with E-state index in [1.54, 1.807) is 29.2 Å². The smallest absolute Gasteiger partial charge is 0.410 e. The fourth-order valence-corrected chi connectivity index (χ4v) is 3.98. The van der Waals surface area contributed by atoms with Gasteiger partial charge in [0.05, 0.1) is 37.5 Å². The Morgan fingerprint density at radius 3 is 2.65 bits per heavy atom. The van der Waals surface area contributed by atoms with Crippen molar-refractivity contribution >= 4 is 12.1 Å². The number of nitriles is 1. The standard InChI is InChI=1S/C27H32N2O5/c1-27(2,3)34-26(31)29-10-6-8-20(16-29)17-33-18-21-12-23(14-24(13-21)25(30)32-4)22-9-5-7-19(11-22)15-28/h5,7,9,11-14,20H,6,8,10,16-18H2,1-4H3. The molecule has 1 atom stereocenters. The number of carbonyl (C=O) groups excluding carboxylic acids is 2. The number of carbonyl (C=O) groups is 2. The number of amides is 1. The molecule has 7 heteroatoms. The molecule has 3 rings (SSSR count). The van der Waals surface area contributed by atoms with Gasteiger partial charge in [0, 0.05) is 19.0 Å². The molecular formula is C27H32N2O5. The number of likely N-dealkylation sites (tertiary alicyclic amines) is 1. The molecular weight excluding hydrogens is 432 g/mol. The van der Waals surface area contributed by atoms with Crippen LogP contribution in [0.4, 0.5) is 4.79 Å². The molecule has 0 spiro atoms. The molecule has 1 fully saturated rings. The molecule has 7 nitrogen and oxygen atoms in total. The van der Waals surface area contributed by atoms with Gasteiger partial charge in [-0.3, -0.25) is 0 Å². The maximum absolute atomic E-state index is 12.4. The fourth-order valence-electron chi connectivity index (χ4n) is 3.98. The lowest BCUT2D eigenvalue weighted by atomic mass is 9.98. The highest BCUT2D eigenvalue weighted by Gasteiger charge is 2.27. The average molecular weight is 465 g/mol. The van der Waals surface area contributed by atoms with Crippen LogP contribution in [0.3, 0.4) is 0 Å². The van der Waals surface area contributed by atoms with Crippen LogP contribution in [-0.4, -0.2) is 49.4 Å². The molecule has 1 aliphatic rings. The van der Waals surface area contributed by atoms with E-state index < -0.39 is 11.6 Å². The van der Waals surface area contributed by atoms with Crippen molar-refractivity contribution in [3.63, 3.8) is 0 Å². The van der Waals surface area contributed by atoms with E-state index in [1.807, 2.05) is 39.0 Å². The summed E-state index contributed by atoms with van der Waals surface area (Å²) < 4.78 is 16.4. The second-order valence-electron chi connectivity index (χ2n) is 9.55. The van der Waals surface area contributed by atoms with Gasteiger partial charge in [-0.2, -0.15) is 5.26 Å². The largest absolute Gasteiger partial charge is 0.465 e. The molecule has 0 aliphatic carbocycles. The molecule has 0 aromatic heterocycles. The van der Waals surface area contributed by atoms with Crippen LogP contribution in [0.25, 0.3) is 11.1 Å². The Balaban J connectivity index is 1.67. The highest BCUT2D eigenvalue weighted by Crippen LogP contribution is 2.25. The molecule has 180 valence electrons. The third-order valence-corrected chi connectivity index (χ3v) is 5.53. The summed E-state index contributed by atoms with van der Waals surface area (Å²) >= 11 is 0. The van der Waals surface area contributed by atoms with Gasteiger partial charge in [0.25, 0.3) is 0 Å². The van der Waals surface area contributed by atoms with Crippen LogP contribution in [0.1, 0.15) is 55.1 Å². The highest BCUT2D eigenvalue weighted by molar-refractivity contribution is 5.91. The van der Waals surface area contributed by atoms with Crippen molar-refractivity contribution in [3.05, 3.63) is 59.2 Å². The monoisotopic (exact) mass is 464 g/mol. The van der Waals surface area contributed by atoms with E-state index >= 15 is 0 Å². The first-order valence-electron chi connectivity index (χ1n) is 11.5. The van der Waals surface area contributed by atoms with E-state index in [4.69, 9.17) is 14.2 Å². The number of piperidine rings is 1. The summed E-state index contributed by atoms with van der Waals surface area (Å²) in [4.78, 5) is 26.4. The Kier molecular flexibility index (Phi) is 8.30. The third kappa shape index (κ3) is 7.06. The molecule has 1 saturated heterocycles. The first-order valence-corrected chi connectivity index (χ1v) is 11.5. The number of rotatable bonds is 6. The lowest BCUT2D eigenvalue weighted by Gasteiger charge is -2.34. The predicted octanol–water partition coefficient (Wildman–Crippen LogP) is 5.18. The van der Waals surface area contributed by atoms with Gasteiger partial charge in [-0.1, -0.05) is 12.1 Å². The van der Waals surface area contributed by atoms with Crippen LogP contribution in [0, 0.1) is 17.2 Å². The molecule has 2 aromatic carbocycles. The summed E-state index contributed by atoms with van der Waals surface area (Å²) in [5, 5.41) is 9.22. The minimum atomic E-state index is -0.518. The van der Waals surface area contributed by atoms with Crippen LogP contribution in [-0.2, 0) is 20.8 Å². The van der Waals surface area contributed by atoms with Crippen molar-refractivity contribution in [3.8, 4) is 17.2 Å². The van der Waals surface area contributed by atoms with Crippen LogP contribution in [0.5, 0.6) is 0 Å². The van der Waals surface area contributed by atoms with Crippen LogP contribution >= 0.6 is 0 Å². The summed E-state index contributed by atoms with van der Waals surface area (Å²) in [6.07, 6.45) is 1.60. The molecule has 1 unspecified atom stereocenters. The van der Waals surface area contributed by atoms with Crippen molar-refractivity contribution in [2.75, 3.05) is 26.8 Å². The highest BCUT2D eigenvalue weighted by atomic mass is 16.6. The lowest BCUT2D eigenvalue weighted by Crippen LogP contribution is -2.43. The van der Waals surface area contributed by atoms with Gasteiger partial charge in [-0.05, 0) is 80.6 Å². The summed E-state index contributed by atoms with van der Waals surface area (Å²) in [6, 6.07) is 14.8. The van der Waals surface area contributed by atoms with Gasteiger partial charge in [0.2, 0.25) is 0 Å². The molecule has 0 bridgehead atoms. The van der Waals surface area contributed by atoms with Gasteiger partial charge in [0.1, 0.15) is 5.60 Å². The SMILES string of the molecule is COC(=O)c1cc(COCC2CCCN(C(=O)OC(C)(C)C)C2)cc(-c2cccc(C#N)c2)c1. The zero-order valence-electron chi connectivity index (χ0n) is 20.3. The average Bonchev–Trinajstić information content (AvgIpc) is 2.82. The molecule has 0 radical (unpaired) electrons. The number of hydrogen-bond donors (Lipinski definition) is 0. The Bertz CT molecular complexity index is 1070. The lowest BCUT2D eigenvalue weighted by molar-refractivity contribution is 0.00592. The number of nitrogens with zero attached hydrogens (tertiary/aromatic N) is 2. The summed E-state index contributed by atoms with van der Waals surface area (Å²) in [5.74, 6) is -0.211. The zero-order chi connectivity index (χ0) is 24.7. The number of methoxy groups -OCH3 is 1. The normalized spacial score (nSPS) is 16.0. The summed E-state index contributed by atoms with van der Waals surface area (Å²) in [7, 11) is 1.35. The Labute approximate surface area is 201 Å². The Morgan fingerprint density at radius 2 is 1.94 bits per heavy atom. The first-order chi connectivity index (χ1) is 16.2. The third-order valence-electron chi connectivity index (χ3n) is 5.53. The maximum atomic E-state index is 12.4. The quantitative estimate of drug-likeness (QED) is 0.548. The number of esters is 1. The van der Waals surface area contributed by atoms with Crippen LogP contribution < -0.4 is 0 Å². The van der Waals surface area contributed by atoms with Gasteiger partial charge >= 0.3 is 12.1 Å². The second kappa shape index (κ2) is 11.2. The van der Waals surface area contributed by atoms with Gasteiger partial charge < -0.3 is 19.1 Å². The minimum Gasteiger partial charge on any atom is -0.465 e. The van der Waals surface area contributed by atoms with Crippen molar-refractivity contribution in [1.29, 1.82) is 5.26 Å². The van der Waals surface area contributed by atoms with E-state index in [1.165, 1.54) is 7.11 Å². The molecule has 2 aromatic rings. The zero-order valence-corrected chi connectivity index (χ0v) is 20.3. The molecule has 0 N–H and O–H groups in total.